The third kappa shape index (κ3) is 4.09. The SMILES string of the molecule is CCn1ccnc1C1CCN(C(=O)c2coc(CN3CCOCC3)c2)CC1. The third-order valence-corrected chi connectivity index (χ3v) is 5.62. The molecule has 2 aliphatic heterocycles. The lowest BCUT2D eigenvalue weighted by Crippen LogP contribution is -2.38. The lowest BCUT2D eigenvalue weighted by Gasteiger charge is -2.31. The van der Waals surface area contributed by atoms with Crippen LogP contribution in [0.2, 0.25) is 0 Å². The number of imidazole rings is 1. The molecular weight excluding hydrogens is 344 g/mol. The zero-order chi connectivity index (χ0) is 18.6. The lowest BCUT2D eigenvalue weighted by atomic mass is 9.95. The van der Waals surface area contributed by atoms with E-state index in [-0.39, 0.29) is 5.91 Å². The average molecular weight is 372 g/mol. The van der Waals surface area contributed by atoms with Gasteiger partial charge in [-0.15, -0.1) is 0 Å². The van der Waals surface area contributed by atoms with Crippen molar-refractivity contribution in [2.75, 3.05) is 39.4 Å². The highest BCUT2D eigenvalue weighted by Crippen LogP contribution is 2.28. The van der Waals surface area contributed by atoms with Crippen molar-refractivity contribution in [2.24, 2.45) is 0 Å². The number of rotatable bonds is 5. The standard InChI is InChI=1S/C20H28N4O3/c1-2-23-8-5-21-19(23)16-3-6-24(7-4-16)20(25)17-13-18(27-15-17)14-22-9-11-26-12-10-22/h5,8,13,15-16H,2-4,6-7,9-12,14H2,1H3. The molecule has 0 aromatic carbocycles. The quantitative estimate of drug-likeness (QED) is 0.806. The summed E-state index contributed by atoms with van der Waals surface area (Å²) < 4.78 is 13.2. The van der Waals surface area contributed by atoms with Crippen LogP contribution in [-0.2, 0) is 17.8 Å². The summed E-state index contributed by atoms with van der Waals surface area (Å²) in [6, 6.07) is 1.90. The van der Waals surface area contributed by atoms with Crippen molar-refractivity contribution >= 4 is 5.91 Å². The summed E-state index contributed by atoms with van der Waals surface area (Å²) in [4.78, 5) is 21.6. The van der Waals surface area contributed by atoms with Crippen molar-refractivity contribution in [1.29, 1.82) is 0 Å². The largest absolute Gasteiger partial charge is 0.467 e. The molecule has 2 aliphatic rings. The van der Waals surface area contributed by atoms with Crippen LogP contribution in [0.3, 0.4) is 0 Å². The van der Waals surface area contributed by atoms with E-state index in [1.165, 1.54) is 0 Å². The second-order valence-electron chi connectivity index (χ2n) is 7.33. The summed E-state index contributed by atoms with van der Waals surface area (Å²) in [5.74, 6) is 2.51. The Morgan fingerprint density at radius 2 is 2.00 bits per heavy atom. The first kappa shape index (κ1) is 18.3. The van der Waals surface area contributed by atoms with Gasteiger partial charge < -0.3 is 18.6 Å². The minimum atomic E-state index is 0.0734. The minimum Gasteiger partial charge on any atom is -0.467 e. The smallest absolute Gasteiger partial charge is 0.257 e. The maximum Gasteiger partial charge on any atom is 0.257 e. The molecule has 0 aliphatic carbocycles. The molecule has 2 aromatic rings. The summed E-state index contributed by atoms with van der Waals surface area (Å²) in [6.45, 7) is 8.69. The Hall–Kier alpha value is -2.12. The highest BCUT2D eigenvalue weighted by molar-refractivity contribution is 5.94. The summed E-state index contributed by atoms with van der Waals surface area (Å²) in [6.07, 6.45) is 7.43. The molecule has 0 atom stereocenters. The van der Waals surface area contributed by atoms with Gasteiger partial charge in [0.25, 0.3) is 5.91 Å². The van der Waals surface area contributed by atoms with E-state index in [1.807, 2.05) is 23.4 Å². The number of ether oxygens (including phenoxy) is 1. The molecule has 0 unspecified atom stereocenters. The molecule has 0 N–H and O–H groups in total. The number of aryl methyl sites for hydroxylation is 1. The number of nitrogens with zero attached hydrogens (tertiary/aromatic N) is 4. The molecule has 4 heterocycles. The van der Waals surface area contributed by atoms with Crippen molar-refractivity contribution < 1.29 is 13.9 Å². The maximum absolute atomic E-state index is 12.8. The number of likely N-dealkylation sites (tertiary alicyclic amines) is 1. The van der Waals surface area contributed by atoms with Crippen molar-refractivity contribution in [1.82, 2.24) is 19.4 Å². The molecule has 146 valence electrons. The van der Waals surface area contributed by atoms with Crippen LogP contribution in [0.25, 0.3) is 0 Å². The maximum atomic E-state index is 12.8. The monoisotopic (exact) mass is 372 g/mol. The molecule has 7 heteroatoms. The van der Waals surface area contributed by atoms with E-state index >= 15 is 0 Å². The predicted molar refractivity (Wildman–Crippen MR) is 101 cm³/mol. The van der Waals surface area contributed by atoms with Gasteiger partial charge in [0.2, 0.25) is 0 Å². The molecule has 7 nitrogen and oxygen atoms in total. The fraction of sp³-hybridized carbons (Fsp3) is 0.600. The first-order valence-electron chi connectivity index (χ1n) is 9.92. The van der Waals surface area contributed by atoms with Crippen LogP contribution in [0.4, 0.5) is 0 Å². The van der Waals surface area contributed by atoms with Crippen molar-refractivity contribution in [3.63, 3.8) is 0 Å². The Morgan fingerprint density at radius 1 is 1.22 bits per heavy atom. The molecule has 0 spiro atoms. The first-order chi connectivity index (χ1) is 13.2. The van der Waals surface area contributed by atoms with Gasteiger partial charge in [-0.3, -0.25) is 9.69 Å². The van der Waals surface area contributed by atoms with Gasteiger partial charge in [-0.25, -0.2) is 4.98 Å². The van der Waals surface area contributed by atoms with Crippen LogP contribution >= 0.6 is 0 Å². The molecule has 27 heavy (non-hydrogen) atoms. The second-order valence-corrected chi connectivity index (χ2v) is 7.33. The van der Waals surface area contributed by atoms with E-state index < -0.39 is 0 Å². The molecule has 0 radical (unpaired) electrons. The number of hydrogen-bond donors (Lipinski definition) is 0. The highest BCUT2D eigenvalue weighted by atomic mass is 16.5. The normalized spacial score (nSPS) is 19.5. The van der Waals surface area contributed by atoms with Crippen LogP contribution in [0.1, 0.15) is 47.6 Å². The second kappa shape index (κ2) is 8.27. The number of piperidine rings is 1. The number of hydrogen-bond acceptors (Lipinski definition) is 5. The topological polar surface area (TPSA) is 63.7 Å². The van der Waals surface area contributed by atoms with E-state index in [4.69, 9.17) is 9.15 Å². The summed E-state index contributed by atoms with van der Waals surface area (Å²) >= 11 is 0. The van der Waals surface area contributed by atoms with Crippen molar-refractivity contribution in [2.45, 2.75) is 38.8 Å². The number of furan rings is 1. The highest BCUT2D eigenvalue weighted by Gasteiger charge is 2.27. The van der Waals surface area contributed by atoms with Gasteiger partial charge in [0.15, 0.2) is 0 Å². The van der Waals surface area contributed by atoms with Crippen LogP contribution in [0.15, 0.2) is 29.1 Å². The zero-order valence-electron chi connectivity index (χ0n) is 16.0. The predicted octanol–water partition coefficient (Wildman–Crippen LogP) is 2.35. The van der Waals surface area contributed by atoms with Crippen LogP contribution in [0, 0.1) is 0 Å². The Labute approximate surface area is 159 Å². The van der Waals surface area contributed by atoms with Crippen LogP contribution in [0.5, 0.6) is 0 Å². The van der Waals surface area contributed by atoms with Gasteiger partial charge in [-0.05, 0) is 25.8 Å². The van der Waals surface area contributed by atoms with E-state index in [1.54, 1.807) is 6.26 Å². The van der Waals surface area contributed by atoms with Crippen LogP contribution in [-0.4, -0.2) is 64.7 Å². The number of carbonyl (C=O) groups is 1. The molecule has 1 amide bonds. The van der Waals surface area contributed by atoms with E-state index in [9.17, 15) is 4.79 Å². The number of morpholine rings is 1. The summed E-state index contributed by atoms with van der Waals surface area (Å²) in [5, 5.41) is 0. The van der Waals surface area contributed by atoms with Crippen molar-refractivity contribution in [3.8, 4) is 0 Å². The van der Waals surface area contributed by atoms with E-state index in [0.29, 0.717) is 11.5 Å². The summed E-state index contributed by atoms with van der Waals surface area (Å²) in [7, 11) is 0. The summed E-state index contributed by atoms with van der Waals surface area (Å²) in [5.41, 5.74) is 0.659. The zero-order valence-corrected chi connectivity index (χ0v) is 16.0. The molecular formula is C20H28N4O3. The average Bonchev–Trinajstić information content (AvgIpc) is 3.38. The van der Waals surface area contributed by atoms with Gasteiger partial charge in [0.05, 0.1) is 25.3 Å². The van der Waals surface area contributed by atoms with Gasteiger partial charge in [0.1, 0.15) is 17.8 Å². The number of amides is 1. The van der Waals surface area contributed by atoms with Gasteiger partial charge in [0, 0.05) is 51.0 Å². The molecule has 0 saturated carbocycles. The first-order valence-corrected chi connectivity index (χ1v) is 9.92. The fourth-order valence-electron chi connectivity index (χ4n) is 4.03. The van der Waals surface area contributed by atoms with Gasteiger partial charge in [-0.1, -0.05) is 0 Å². The Bertz CT molecular complexity index is 755. The molecule has 4 rings (SSSR count). The number of aromatic nitrogens is 2. The Morgan fingerprint density at radius 3 is 2.74 bits per heavy atom. The Balaban J connectivity index is 1.33. The van der Waals surface area contributed by atoms with Crippen molar-refractivity contribution in [3.05, 3.63) is 41.9 Å². The third-order valence-electron chi connectivity index (χ3n) is 5.62. The van der Waals surface area contributed by atoms with Gasteiger partial charge >= 0.3 is 0 Å². The fourth-order valence-corrected chi connectivity index (χ4v) is 4.03. The minimum absolute atomic E-state index is 0.0734. The van der Waals surface area contributed by atoms with E-state index in [2.05, 4.69) is 21.4 Å². The lowest BCUT2D eigenvalue weighted by molar-refractivity contribution is 0.0313. The molecule has 0 bridgehead atoms. The Kier molecular flexibility index (Phi) is 5.59. The number of carbonyl (C=O) groups excluding carboxylic acids is 1. The van der Waals surface area contributed by atoms with E-state index in [0.717, 1.165) is 76.9 Å². The molecule has 2 aromatic heterocycles. The van der Waals surface area contributed by atoms with Crippen LogP contribution < -0.4 is 0 Å². The molecule has 2 saturated heterocycles. The van der Waals surface area contributed by atoms with Gasteiger partial charge in [-0.2, -0.15) is 0 Å². The molecule has 2 fully saturated rings.